The Balaban J connectivity index is 1.52. The van der Waals surface area contributed by atoms with Crippen LogP contribution in [-0.4, -0.2) is 27.4 Å². The number of benzene rings is 1. The lowest BCUT2D eigenvalue weighted by Gasteiger charge is -2.06. The largest absolute Gasteiger partial charge is 0.497 e. The van der Waals surface area contributed by atoms with Crippen LogP contribution in [0.1, 0.15) is 12.0 Å². The average Bonchev–Trinajstić information content (AvgIpc) is 3.08. The van der Waals surface area contributed by atoms with Crippen molar-refractivity contribution in [3.05, 3.63) is 54.4 Å². The van der Waals surface area contributed by atoms with Gasteiger partial charge < -0.3 is 9.47 Å². The number of nitrogens with zero attached hydrogens (tertiary/aromatic N) is 3. The van der Waals surface area contributed by atoms with Gasteiger partial charge in [-0.25, -0.2) is 0 Å². The van der Waals surface area contributed by atoms with E-state index in [4.69, 9.17) is 9.47 Å². The van der Waals surface area contributed by atoms with Crippen LogP contribution >= 0.6 is 11.7 Å². The van der Waals surface area contributed by atoms with Gasteiger partial charge >= 0.3 is 0 Å². The second-order valence-corrected chi connectivity index (χ2v) is 5.49. The number of methoxy groups -OCH3 is 1. The van der Waals surface area contributed by atoms with Crippen molar-refractivity contribution >= 4 is 11.7 Å². The molecule has 0 atom stereocenters. The molecular weight excluding hydrogens is 310 g/mol. The number of aryl methyl sites for hydroxylation is 1. The first-order chi connectivity index (χ1) is 11.4. The lowest BCUT2D eigenvalue weighted by Crippen LogP contribution is -2.00. The molecule has 0 fully saturated rings. The predicted octanol–water partition coefficient (Wildman–Crippen LogP) is 3.62. The third-order valence-corrected chi connectivity index (χ3v) is 3.91. The summed E-state index contributed by atoms with van der Waals surface area (Å²) in [5, 5.41) is 0. The van der Waals surface area contributed by atoms with E-state index < -0.39 is 0 Å². The van der Waals surface area contributed by atoms with Crippen LogP contribution in [0.5, 0.6) is 11.6 Å². The Labute approximate surface area is 139 Å². The quantitative estimate of drug-likeness (QED) is 0.620. The molecular formula is C17H17N3O2S. The minimum Gasteiger partial charge on any atom is -0.497 e. The van der Waals surface area contributed by atoms with Crippen molar-refractivity contribution in [3.8, 4) is 22.9 Å². The molecule has 0 saturated carbocycles. The third-order valence-electron chi connectivity index (χ3n) is 3.40. The maximum atomic E-state index is 5.78. The lowest BCUT2D eigenvalue weighted by molar-refractivity contribution is 0.303. The van der Waals surface area contributed by atoms with Crippen LogP contribution in [-0.2, 0) is 6.42 Å². The zero-order valence-corrected chi connectivity index (χ0v) is 13.6. The minimum atomic E-state index is 0.581. The van der Waals surface area contributed by atoms with Gasteiger partial charge in [0.2, 0.25) is 0 Å². The molecule has 0 unspecified atom stereocenters. The Morgan fingerprint density at radius 2 is 1.96 bits per heavy atom. The molecule has 3 aromatic rings. The van der Waals surface area contributed by atoms with E-state index in [1.165, 1.54) is 5.56 Å². The van der Waals surface area contributed by atoms with Crippen molar-refractivity contribution in [2.24, 2.45) is 0 Å². The molecule has 2 aromatic heterocycles. The summed E-state index contributed by atoms with van der Waals surface area (Å²) in [5.74, 6) is 1.46. The molecule has 118 valence electrons. The molecule has 0 spiro atoms. The van der Waals surface area contributed by atoms with Gasteiger partial charge in [0.25, 0.3) is 5.88 Å². The molecule has 0 radical (unpaired) electrons. The highest BCUT2D eigenvalue weighted by Crippen LogP contribution is 2.27. The fourth-order valence-corrected chi connectivity index (χ4v) is 2.71. The van der Waals surface area contributed by atoms with Crippen molar-refractivity contribution in [2.75, 3.05) is 13.7 Å². The summed E-state index contributed by atoms with van der Waals surface area (Å²) in [6, 6.07) is 11.9. The maximum absolute atomic E-state index is 5.78. The minimum absolute atomic E-state index is 0.581. The van der Waals surface area contributed by atoms with Crippen molar-refractivity contribution in [1.82, 2.24) is 13.7 Å². The van der Waals surface area contributed by atoms with E-state index in [1.807, 2.05) is 24.3 Å². The smallest absolute Gasteiger partial charge is 0.254 e. The fraction of sp³-hybridized carbons (Fsp3) is 0.235. The highest BCUT2D eigenvalue weighted by molar-refractivity contribution is 6.99. The molecule has 5 nitrogen and oxygen atoms in total. The van der Waals surface area contributed by atoms with Crippen LogP contribution in [0, 0.1) is 0 Å². The van der Waals surface area contributed by atoms with Gasteiger partial charge in [-0.2, -0.15) is 4.37 Å². The summed E-state index contributed by atoms with van der Waals surface area (Å²) < 4.78 is 19.5. The van der Waals surface area contributed by atoms with Gasteiger partial charge in [-0.1, -0.05) is 12.1 Å². The molecule has 6 heteroatoms. The summed E-state index contributed by atoms with van der Waals surface area (Å²) in [4.78, 5) is 4.10. The Morgan fingerprint density at radius 1 is 1.09 bits per heavy atom. The Bertz CT molecular complexity index is 729. The number of hydrogen-bond acceptors (Lipinski definition) is 6. The summed E-state index contributed by atoms with van der Waals surface area (Å²) in [6.45, 7) is 0.602. The van der Waals surface area contributed by atoms with E-state index in [0.717, 1.165) is 41.6 Å². The summed E-state index contributed by atoms with van der Waals surface area (Å²) in [7, 11) is 1.67. The predicted molar refractivity (Wildman–Crippen MR) is 90.0 cm³/mol. The van der Waals surface area contributed by atoms with Crippen molar-refractivity contribution in [3.63, 3.8) is 0 Å². The topological polar surface area (TPSA) is 57.1 Å². The second kappa shape index (κ2) is 7.69. The third kappa shape index (κ3) is 4.04. The second-order valence-electron chi connectivity index (χ2n) is 4.96. The van der Waals surface area contributed by atoms with E-state index >= 15 is 0 Å². The van der Waals surface area contributed by atoms with E-state index in [0.29, 0.717) is 12.5 Å². The van der Waals surface area contributed by atoms with Crippen molar-refractivity contribution in [1.29, 1.82) is 0 Å². The number of ether oxygens (including phenoxy) is 2. The van der Waals surface area contributed by atoms with Crippen molar-refractivity contribution in [2.45, 2.75) is 12.8 Å². The molecule has 23 heavy (non-hydrogen) atoms. The Kier molecular flexibility index (Phi) is 5.16. The highest BCUT2D eigenvalue weighted by atomic mass is 32.1. The van der Waals surface area contributed by atoms with Gasteiger partial charge in [-0.15, -0.1) is 4.37 Å². The number of pyridine rings is 1. The van der Waals surface area contributed by atoms with Gasteiger partial charge in [0.15, 0.2) is 0 Å². The molecule has 0 aliphatic heterocycles. The van der Waals surface area contributed by atoms with Crippen molar-refractivity contribution < 1.29 is 9.47 Å². The molecule has 1 aromatic carbocycles. The van der Waals surface area contributed by atoms with Gasteiger partial charge in [-0.05, 0) is 42.7 Å². The Hall–Kier alpha value is -2.47. The summed E-state index contributed by atoms with van der Waals surface area (Å²) in [5.41, 5.74) is 2.94. The molecule has 0 bridgehead atoms. The van der Waals surface area contributed by atoms with Crippen LogP contribution in [0.3, 0.4) is 0 Å². The zero-order chi connectivity index (χ0) is 15.9. The van der Waals surface area contributed by atoms with Crippen LogP contribution < -0.4 is 9.47 Å². The molecule has 0 saturated heterocycles. The maximum Gasteiger partial charge on any atom is 0.254 e. The first kappa shape index (κ1) is 15.4. The fourth-order valence-electron chi connectivity index (χ4n) is 2.19. The standard InChI is InChI=1S/C17H17N3O2S/c1-21-15-8-6-13(7-9-15)4-3-11-22-17-16(19-23-20-17)14-5-2-10-18-12-14/h2,5-10,12H,3-4,11H2,1H3. The molecule has 2 heterocycles. The van der Waals surface area contributed by atoms with Gasteiger partial charge in [-0.3, -0.25) is 4.98 Å². The molecule has 0 aliphatic rings. The van der Waals surface area contributed by atoms with Crippen LogP contribution in [0.4, 0.5) is 0 Å². The SMILES string of the molecule is COc1ccc(CCCOc2nsnc2-c2cccnc2)cc1. The molecule has 0 N–H and O–H groups in total. The number of rotatable bonds is 7. The Morgan fingerprint density at radius 3 is 2.70 bits per heavy atom. The van der Waals surface area contributed by atoms with Crippen LogP contribution in [0.2, 0.25) is 0 Å². The monoisotopic (exact) mass is 327 g/mol. The molecule has 0 amide bonds. The average molecular weight is 327 g/mol. The van der Waals surface area contributed by atoms with E-state index in [-0.39, 0.29) is 0 Å². The highest BCUT2D eigenvalue weighted by Gasteiger charge is 2.11. The summed E-state index contributed by atoms with van der Waals surface area (Å²) >= 11 is 1.15. The van der Waals surface area contributed by atoms with Gasteiger partial charge in [0.1, 0.15) is 11.4 Å². The van der Waals surface area contributed by atoms with E-state index in [2.05, 4.69) is 25.9 Å². The normalized spacial score (nSPS) is 10.5. The van der Waals surface area contributed by atoms with E-state index in [1.54, 1.807) is 19.5 Å². The van der Waals surface area contributed by atoms with Gasteiger partial charge in [0, 0.05) is 18.0 Å². The molecule has 3 rings (SSSR count). The van der Waals surface area contributed by atoms with Crippen LogP contribution in [0.15, 0.2) is 48.8 Å². The summed E-state index contributed by atoms with van der Waals surface area (Å²) in [6.07, 6.45) is 5.36. The number of hydrogen-bond donors (Lipinski definition) is 0. The lowest BCUT2D eigenvalue weighted by atomic mass is 10.1. The number of aromatic nitrogens is 3. The van der Waals surface area contributed by atoms with E-state index in [9.17, 15) is 0 Å². The molecule has 0 aliphatic carbocycles. The van der Waals surface area contributed by atoms with Gasteiger partial charge in [0.05, 0.1) is 25.4 Å². The van der Waals surface area contributed by atoms with Crippen LogP contribution in [0.25, 0.3) is 11.3 Å². The zero-order valence-electron chi connectivity index (χ0n) is 12.8. The first-order valence-electron chi connectivity index (χ1n) is 7.35. The first-order valence-corrected chi connectivity index (χ1v) is 8.08.